The van der Waals surface area contributed by atoms with Gasteiger partial charge in [0.05, 0.1) is 16.7 Å². The van der Waals surface area contributed by atoms with Gasteiger partial charge in [-0.3, -0.25) is 14.3 Å². The van der Waals surface area contributed by atoms with Crippen LogP contribution in [0.5, 0.6) is 0 Å². The third kappa shape index (κ3) is 6.00. The lowest BCUT2D eigenvalue weighted by molar-refractivity contribution is -0.0896. The third-order valence-corrected chi connectivity index (χ3v) is 6.66. The van der Waals surface area contributed by atoms with Crippen molar-refractivity contribution >= 4 is 17.9 Å². The number of rotatable bonds is 8. The van der Waals surface area contributed by atoms with E-state index in [9.17, 15) is 24.0 Å². The summed E-state index contributed by atoms with van der Waals surface area (Å²) in [5, 5.41) is 0. The summed E-state index contributed by atoms with van der Waals surface area (Å²) >= 11 is 0. The predicted octanol–water partition coefficient (Wildman–Crippen LogP) is 2.75. The SMILES string of the molecule is C#C[C@]1(OC(=O)c2ccccc2)C(n2ccc(=O)[nH]c2=O)O[C@H](COC(=O)c2ccccc2)[C@H]1OC(=O)c1ccccc1. The Kier molecular flexibility index (Phi) is 8.32. The molecule has 1 aliphatic rings. The Hall–Kier alpha value is -5.73. The first-order valence-corrected chi connectivity index (χ1v) is 13.0. The molecule has 4 aromatic rings. The van der Waals surface area contributed by atoms with E-state index in [1.165, 1.54) is 24.3 Å². The molecule has 1 N–H and O–H groups in total. The normalized spacial score (nSPS) is 20.9. The van der Waals surface area contributed by atoms with E-state index in [0.29, 0.717) is 0 Å². The number of aromatic amines is 1. The third-order valence-electron chi connectivity index (χ3n) is 6.66. The molecule has 1 aliphatic heterocycles. The summed E-state index contributed by atoms with van der Waals surface area (Å²) in [5.74, 6) is -0.0847. The van der Waals surface area contributed by atoms with Gasteiger partial charge in [-0.1, -0.05) is 54.6 Å². The van der Waals surface area contributed by atoms with Crippen molar-refractivity contribution < 1.29 is 33.3 Å². The van der Waals surface area contributed by atoms with E-state index in [1.807, 2.05) is 0 Å². The summed E-state index contributed by atoms with van der Waals surface area (Å²) in [4.78, 5) is 66.3. The van der Waals surface area contributed by atoms with Crippen LogP contribution in [0.25, 0.3) is 0 Å². The molecule has 5 rings (SSSR count). The number of ether oxygens (including phenoxy) is 4. The van der Waals surface area contributed by atoms with Gasteiger partial charge >= 0.3 is 23.6 Å². The van der Waals surface area contributed by atoms with Gasteiger partial charge in [0.25, 0.3) is 11.2 Å². The molecule has 0 aliphatic carbocycles. The van der Waals surface area contributed by atoms with Crippen LogP contribution in [0.15, 0.2) is 113 Å². The zero-order chi connectivity index (χ0) is 30.4. The Morgan fingerprint density at radius 2 is 1.35 bits per heavy atom. The van der Waals surface area contributed by atoms with Crippen molar-refractivity contribution in [2.75, 3.05) is 6.61 Å². The van der Waals surface area contributed by atoms with E-state index < -0.39 is 59.8 Å². The molecule has 4 atom stereocenters. The zero-order valence-electron chi connectivity index (χ0n) is 22.5. The van der Waals surface area contributed by atoms with Gasteiger partial charge in [-0.25, -0.2) is 19.2 Å². The second-order valence-corrected chi connectivity index (χ2v) is 9.39. The number of aromatic nitrogens is 2. The van der Waals surface area contributed by atoms with E-state index in [1.54, 1.807) is 66.7 Å². The first kappa shape index (κ1) is 28.8. The molecule has 11 heteroatoms. The smallest absolute Gasteiger partial charge is 0.339 e. The molecule has 11 nitrogen and oxygen atoms in total. The number of benzene rings is 3. The molecule has 216 valence electrons. The lowest BCUT2D eigenvalue weighted by atomic mass is 9.93. The van der Waals surface area contributed by atoms with Crippen molar-refractivity contribution in [3.63, 3.8) is 0 Å². The highest BCUT2D eigenvalue weighted by molar-refractivity contribution is 5.91. The Morgan fingerprint density at radius 1 is 0.814 bits per heavy atom. The average molecular weight is 581 g/mol. The maximum Gasteiger partial charge on any atom is 0.339 e. The van der Waals surface area contributed by atoms with E-state index in [0.717, 1.165) is 16.8 Å². The summed E-state index contributed by atoms with van der Waals surface area (Å²) in [6.45, 7) is -0.513. The predicted molar refractivity (Wildman–Crippen MR) is 151 cm³/mol. The Bertz CT molecular complexity index is 1780. The monoisotopic (exact) mass is 580 g/mol. The summed E-state index contributed by atoms with van der Waals surface area (Å²) < 4.78 is 24.2. The number of nitrogens with one attached hydrogen (secondary N) is 1. The molecule has 0 amide bonds. The fourth-order valence-electron chi connectivity index (χ4n) is 4.58. The van der Waals surface area contributed by atoms with E-state index in [-0.39, 0.29) is 16.7 Å². The second kappa shape index (κ2) is 12.4. The number of hydrogen-bond acceptors (Lipinski definition) is 9. The summed E-state index contributed by atoms with van der Waals surface area (Å²) in [7, 11) is 0. The van der Waals surface area contributed by atoms with Crippen molar-refractivity contribution in [2.45, 2.75) is 24.0 Å². The van der Waals surface area contributed by atoms with Crippen LogP contribution in [-0.4, -0.2) is 51.9 Å². The zero-order valence-corrected chi connectivity index (χ0v) is 22.5. The number of nitrogens with zero attached hydrogens (tertiary/aromatic N) is 1. The molecular formula is C32H24N2O9. The van der Waals surface area contributed by atoms with Gasteiger partial charge in [-0.2, -0.15) is 0 Å². The number of H-pyrrole nitrogens is 1. The molecular weight excluding hydrogens is 556 g/mol. The highest BCUT2D eigenvalue weighted by Gasteiger charge is 2.63. The quantitative estimate of drug-likeness (QED) is 0.189. The highest BCUT2D eigenvalue weighted by Crippen LogP contribution is 2.43. The topological polar surface area (TPSA) is 143 Å². The van der Waals surface area contributed by atoms with Gasteiger partial charge in [-0.15, -0.1) is 6.42 Å². The van der Waals surface area contributed by atoms with Crippen LogP contribution in [0.3, 0.4) is 0 Å². The minimum Gasteiger partial charge on any atom is -0.459 e. The maximum absolute atomic E-state index is 13.4. The number of carbonyl (C=O) groups is 3. The number of hydrogen-bond donors (Lipinski definition) is 1. The van der Waals surface area contributed by atoms with Crippen LogP contribution in [0.4, 0.5) is 0 Å². The van der Waals surface area contributed by atoms with Gasteiger partial charge in [0.15, 0.2) is 12.3 Å². The van der Waals surface area contributed by atoms with E-state index in [4.69, 9.17) is 25.4 Å². The largest absolute Gasteiger partial charge is 0.459 e. The van der Waals surface area contributed by atoms with Crippen LogP contribution in [0.1, 0.15) is 37.3 Å². The molecule has 0 radical (unpaired) electrons. The minimum absolute atomic E-state index is 0.108. The molecule has 1 fully saturated rings. The first-order chi connectivity index (χ1) is 20.8. The molecule has 43 heavy (non-hydrogen) atoms. The lowest BCUT2D eigenvalue weighted by Gasteiger charge is -2.33. The molecule has 1 aromatic heterocycles. The number of esters is 3. The second-order valence-electron chi connectivity index (χ2n) is 9.39. The number of terminal acetylenes is 1. The van der Waals surface area contributed by atoms with Crippen LogP contribution < -0.4 is 11.2 Å². The van der Waals surface area contributed by atoms with Gasteiger partial charge in [-0.05, 0) is 42.3 Å². The lowest BCUT2D eigenvalue weighted by Crippen LogP contribution is -2.53. The standard InChI is InChI=1S/C32H24N2O9/c1-2-32(43-29(38)23-16-10-5-11-17-23)26(42-28(37)22-14-8-4-9-15-22)24(20-40-27(36)21-12-6-3-7-13-21)41-30(32)34-19-18-25(35)33-31(34)39/h1,3-19,24,26,30H,20H2,(H,33,35,39)/t24-,26-,30?,32-/m1/s1. The minimum atomic E-state index is -2.27. The summed E-state index contributed by atoms with van der Waals surface area (Å²) in [6.07, 6.45) is 2.58. The van der Waals surface area contributed by atoms with Crippen molar-refractivity contribution in [2.24, 2.45) is 0 Å². The van der Waals surface area contributed by atoms with Crippen LogP contribution in [0, 0.1) is 12.3 Å². The van der Waals surface area contributed by atoms with Crippen LogP contribution in [-0.2, 0) is 18.9 Å². The van der Waals surface area contributed by atoms with E-state index in [2.05, 4.69) is 10.9 Å². The van der Waals surface area contributed by atoms with Gasteiger partial charge in [0.1, 0.15) is 12.7 Å². The van der Waals surface area contributed by atoms with Gasteiger partial charge < -0.3 is 18.9 Å². The first-order valence-electron chi connectivity index (χ1n) is 13.0. The van der Waals surface area contributed by atoms with Crippen molar-refractivity contribution in [3.8, 4) is 12.3 Å². The van der Waals surface area contributed by atoms with Crippen molar-refractivity contribution in [1.82, 2.24) is 9.55 Å². The fourth-order valence-corrected chi connectivity index (χ4v) is 4.58. The molecule has 0 bridgehead atoms. The fraction of sp³-hybridized carbons (Fsp3) is 0.156. The average Bonchev–Trinajstić information content (AvgIpc) is 3.33. The molecule has 2 heterocycles. The molecule has 1 unspecified atom stereocenters. The summed E-state index contributed by atoms with van der Waals surface area (Å²) in [5.41, 5.74) is -3.42. The summed E-state index contributed by atoms with van der Waals surface area (Å²) in [6, 6.07) is 25.0. The van der Waals surface area contributed by atoms with Crippen molar-refractivity contribution in [3.05, 3.63) is 141 Å². The van der Waals surface area contributed by atoms with Gasteiger partial charge in [0.2, 0.25) is 0 Å². The van der Waals surface area contributed by atoms with E-state index >= 15 is 0 Å². The maximum atomic E-state index is 13.4. The Labute approximate surface area is 244 Å². The highest BCUT2D eigenvalue weighted by atomic mass is 16.7. The number of carbonyl (C=O) groups excluding carboxylic acids is 3. The molecule has 0 saturated carbocycles. The Morgan fingerprint density at radius 3 is 1.88 bits per heavy atom. The van der Waals surface area contributed by atoms with Crippen molar-refractivity contribution in [1.29, 1.82) is 0 Å². The molecule has 3 aromatic carbocycles. The molecule has 1 saturated heterocycles. The Balaban J connectivity index is 1.59. The molecule has 0 spiro atoms. The van der Waals surface area contributed by atoms with Gasteiger partial charge in [0, 0.05) is 12.3 Å². The van der Waals surface area contributed by atoms with Crippen LogP contribution >= 0.6 is 0 Å². The van der Waals surface area contributed by atoms with Crippen LogP contribution in [0.2, 0.25) is 0 Å².